The van der Waals surface area contributed by atoms with Crippen LogP contribution in [-0.4, -0.2) is 28.8 Å². The van der Waals surface area contributed by atoms with Gasteiger partial charge in [0.1, 0.15) is 11.9 Å². The zero-order chi connectivity index (χ0) is 22.4. The monoisotopic (exact) mass is 444 g/mol. The number of hydrogen-bond donors (Lipinski definition) is 1. The van der Waals surface area contributed by atoms with Gasteiger partial charge in [-0.2, -0.15) is 0 Å². The maximum Gasteiger partial charge on any atom is 0.242 e. The number of hydrogen-bond acceptors (Lipinski definition) is 2. The van der Waals surface area contributed by atoms with Crippen LogP contribution < -0.4 is 5.32 Å². The molecular weight excluding hydrogens is 415 g/mol. The van der Waals surface area contributed by atoms with Crippen molar-refractivity contribution in [1.82, 2.24) is 10.2 Å². The second kappa shape index (κ2) is 10.8. The maximum atomic E-state index is 14.3. The predicted molar refractivity (Wildman–Crippen MR) is 121 cm³/mol. The van der Waals surface area contributed by atoms with Crippen molar-refractivity contribution in [2.45, 2.75) is 71.0 Å². The number of halogens is 2. The molecule has 0 radical (unpaired) electrons. The normalized spacial score (nSPS) is 15.4. The van der Waals surface area contributed by atoms with Crippen molar-refractivity contribution in [2.75, 3.05) is 0 Å². The second-order valence-corrected chi connectivity index (χ2v) is 8.75. The van der Waals surface area contributed by atoms with E-state index in [9.17, 15) is 14.0 Å². The third-order valence-corrected chi connectivity index (χ3v) is 6.46. The van der Waals surface area contributed by atoms with E-state index in [2.05, 4.69) is 5.32 Å². The first-order chi connectivity index (χ1) is 14.9. The molecule has 0 aliphatic heterocycles. The molecule has 1 aliphatic carbocycles. The van der Waals surface area contributed by atoms with Crippen LogP contribution in [0.5, 0.6) is 0 Å². The number of carbonyl (C=O) groups is 2. The summed E-state index contributed by atoms with van der Waals surface area (Å²) >= 11 is 6.14. The Bertz CT molecular complexity index is 907. The van der Waals surface area contributed by atoms with Gasteiger partial charge in [0.15, 0.2) is 0 Å². The molecular formula is C25H30ClFN2O2. The Labute approximate surface area is 188 Å². The van der Waals surface area contributed by atoms with Crippen LogP contribution in [0.3, 0.4) is 0 Å². The van der Waals surface area contributed by atoms with Crippen molar-refractivity contribution in [2.24, 2.45) is 0 Å². The SMILES string of the molecule is Cc1ccccc1CN(C(=O)Cc1c(F)cccc1Cl)[C@H](C)C(=O)NC1CCCCC1. The molecule has 1 atom stereocenters. The highest BCUT2D eigenvalue weighted by Crippen LogP contribution is 2.22. The molecule has 2 aromatic carbocycles. The lowest BCUT2D eigenvalue weighted by Gasteiger charge is -2.31. The molecule has 166 valence electrons. The molecule has 1 fully saturated rings. The fraction of sp³-hybridized carbons (Fsp3) is 0.440. The number of rotatable bonds is 7. The molecule has 0 aromatic heterocycles. The summed E-state index contributed by atoms with van der Waals surface area (Å²) in [5.41, 5.74) is 2.14. The molecule has 3 rings (SSSR count). The Morgan fingerprint density at radius 2 is 1.84 bits per heavy atom. The van der Waals surface area contributed by atoms with Crippen LogP contribution in [0.1, 0.15) is 55.7 Å². The summed E-state index contributed by atoms with van der Waals surface area (Å²) in [7, 11) is 0. The number of aryl methyl sites for hydroxylation is 1. The van der Waals surface area contributed by atoms with Crippen LogP contribution in [-0.2, 0) is 22.6 Å². The molecule has 2 aromatic rings. The topological polar surface area (TPSA) is 49.4 Å². The van der Waals surface area contributed by atoms with Crippen molar-refractivity contribution >= 4 is 23.4 Å². The minimum atomic E-state index is -0.681. The van der Waals surface area contributed by atoms with Gasteiger partial charge in [-0.1, -0.05) is 61.2 Å². The lowest BCUT2D eigenvalue weighted by Crippen LogP contribution is -2.50. The van der Waals surface area contributed by atoms with Crippen molar-refractivity contribution in [1.29, 1.82) is 0 Å². The van der Waals surface area contributed by atoms with Crippen LogP contribution in [0.25, 0.3) is 0 Å². The van der Waals surface area contributed by atoms with Gasteiger partial charge in [-0.15, -0.1) is 0 Å². The zero-order valence-corrected chi connectivity index (χ0v) is 18.9. The zero-order valence-electron chi connectivity index (χ0n) is 18.2. The first-order valence-corrected chi connectivity index (χ1v) is 11.3. The van der Waals surface area contributed by atoms with E-state index in [1.54, 1.807) is 13.0 Å². The van der Waals surface area contributed by atoms with Crippen LogP contribution in [0.2, 0.25) is 5.02 Å². The average molecular weight is 445 g/mol. The van der Waals surface area contributed by atoms with Crippen molar-refractivity contribution in [3.63, 3.8) is 0 Å². The third kappa shape index (κ3) is 6.07. The van der Waals surface area contributed by atoms with Crippen LogP contribution >= 0.6 is 11.6 Å². The molecule has 6 heteroatoms. The molecule has 1 aliphatic rings. The summed E-state index contributed by atoms with van der Waals surface area (Å²) in [6.07, 6.45) is 5.15. The lowest BCUT2D eigenvalue weighted by molar-refractivity contribution is -0.140. The predicted octanol–water partition coefficient (Wildman–Crippen LogP) is 5.20. The van der Waals surface area contributed by atoms with Crippen LogP contribution in [0.4, 0.5) is 4.39 Å². The van der Waals surface area contributed by atoms with Gasteiger partial charge < -0.3 is 10.2 Å². The van der Waals surface area contributed by atoms with Crippen molar-refractivity contribution < 1.29 is 14.0 Å². The Balaban J connectivity index is 1.82. The summed E-state index contributed by atoms with van der Waals surface area (Å²) in [5, 5.41) is 3.32. The molecule has 0 bridgehead atoms. The Morgan fingerprint density at radius 1 is 1.13 bits per heavy atom. The molecule has 1 saturated carbocycles. The average Bonchev–Trinajstić information content (AvgIpc) is 2.76. The van der Waals surface area contributed by atoms with Gasteiger partial charge >= 0.3 is 0 Å². The number of carbonyl (C=O) groups excluding carboxylic acids is 2. The molecule has 0 unspecified atom stereocenters. The summed E-state index contributed by atoms with van der Waals surface area (Å²) in [6, 6.07) is 11.6. The summed E-state index contributed by atoms with van der Waals surface area (Å²) in [4.78, 5) is 27.8. The van der Waals surface area contributed by atoms with Gasteiger partial charge in [0.05, 0.1) is 6.42 Å². The largest absolute Gasteiger partial charge is 0.352 e. The molecule has 0 heterocycles. The third-order valence-electron chi connectivity index (χ3n) is 6.11. The standard InChI is InChI=1S/C25H30ClFN2O2/c1-17-9-6-7-10-19(17)16-29(18(2)25(31)28-20-11-4-3-5-12-20)24(30)15-21-22(26)13-8-14-23(21)27/h6-10,13-14,18,20H,3-5,11-12,15-16H2,1-2H3,(H,28,31)/t18-/m1/s1. The Hall–Kier alpha value is -2.40. The highest BCUT2D eigenvalue weighted by Gasteiger charge is 2.29. The Morgan fingerprint density at radius 3 is 2.52 bits per heavy atom. The first-order valence-electron chi connectivity index (χ1n) is 10.9. The molecule has 0 spiro atoms. The quantitative estimate of drug-likeness (QED) is 0.638. The first kappa shape index (κ1) is 23.3. The molecule has 31 heavy (non-hydrogen) atoms. The van der Waals surface area contributed by atoms with E-state index in [1.165, 1.54) is 23.5 Å². The Kier molecular flexibility index (Phi) is 8.08. The maximum absolute atomic E-state index is 14.3. The van der Waals surface area contributed by atoms with Crippen molar-refractivity contribution in [3.8, 4) is 0 Å². The summed E-state index contributed by atoms with van der Waals surface area (Å²) in [6.45, 7) is 3.98. The highest BCUT2D eigenvalue weighted by atomic mass is 35.5. The highest BCUT2D eigenvalue weighted by molar-refractivity contribution is 6.31. The van der Waals surface area contributed by atoms with Gasteiger partial charge in [0, 0.05) is 23.2 Å². The second-order valence-electron chi connectivity index (χ2n) is 8.34. The summed E-state index contributed by atoms with van der Waals surface area (Å²) in [5.74, 6) is -1.02. The van der Waals surface area contributed by atoms with Gasteiger partial charge in [-0.3, -0.25) is 9.59 Å². The molecule has 1 N–H and O–H groups in total. The number of nitrogens with one attached hydrogen (secondary N) is 1. The van der Waals surface area contributed by atoms with E-state index in [0.29, 0.717) is 0 Å². The minimum Gasteiger partial charge on any atom is -0.352 e. The number of amides is 2. The lowest BCUT2D eigenvalue weighted by atomic mass is 9.95. The van der Waals surface area contributed by atoms with E-state index in [-0.39, 0.29) is 41.4 Å². The van der Waals surface area contributed by atoms with Crippen LogP contribution in [0, 0.1) is 12.7 Å². The van der Waals surface area contributed by atoms with Gasteiger partial charge in [-0.25, -0.2) is 4.39 Å². The van der Waals surface area contributed by atoms with Gasteiger partial charge in [-0.05, 0) is 49.9 Å². The minimum absolute atomic E-state index is 0.153. The van der Waals surface area contributed by atoms with E-state index in [4.69, 9.17) is 11.6 Å². The summed E-state index contributed by atoms with van der Waals surface area (Å²) < 4.78 is 14.3. The molecule has 4 nitrogen and oxygen atoms in total. The smallest absolute Gasteiger partial charge is 0.242 e. The molecule has 2 amide bonds. The van der Waals surface area contributed by atoms with Gasteiger partial charge in [0.25, 0.3) is 0 Å². The number of nitrogens with zero attached hydrogens (tertiary/aromatic N) is 1. The van der Waals surface area contributed by atoms with E-state index in [1.807, 2.05) is 31.2 Å². The fourth-order valence-corrected chi connectivity index (χ4v) is 4.31. The molecule has 0 saturated heterocycles. The van der Waals surface area contributed by atoms with E-state index < -0.39 is 11.9 Å². The van der Waals surface area contributed by atoms with E-state index >= 15 is 0 Å². The van der Waals surface area contributed by atoms with E-state index in [0.717, 1.165) is 36.8 Å². The van der Waals surface area contributed by atoms with Gasteiger partial charge in [0.2, 0.25) is 11.8 Å². The fourth-order valence-electron chi connectivity index (χ4n) is 4.08. The number of benzene rings is 2. The van der Waals surface area contributed by atoms with Crippen LogP contribution in [0.15, 0.2) is 42.5 Å². The van der Waals surface area contributed by atoms with Crippen molar-refractivity contribution in [3.05, 3.63) is 70.0 Å².